The molecule has 0 amide bonds. The van der Waals surface area contributed by atoms with Gasteiger partial charge in [0.2, 0.25) is 0 Å². The van der Waals surface area contributed by atoms with Crippen LogP contribution in [0.15, 0.2) is 12.3 Å². The van der Waals surface area contributed by atoms with Crippen molar-refractivity contribution in [2.24, 2.45) is 0 Å². The van der Waals surface area contributed by atoms with Gasteiger partial charge in [-0.2, -0.15) is 4.89 Å². The molecule has 0 rings (SSSR count). The third-order valence-electron chi connectivity index (χ3n) is 0.378. The summed E-state index contributed by atoms with van der Waals surface area (Å²) in [5.74, 6) is 0.211. The van der Waals surface area contributed by atoms with Crippen LogP contribution in [0.1, 0.15) is 0 Å². The second-order valence-corrected chi connectivity index (χ2v) is 0.947. The SMILES string of the molecule is C=C(CO)OOC. The van der Waals surface area contributed by atoms with Crippen molar-refractivity contribution in [1.29, 1.82) is 0 Å². The Labute approximate surface area is 42.1 Å². The third-order valence-corrected chi connectivity index (χ3v) is 0.378. The summed E-state index contributed by atoms with van der Waals surface area (Å²) in [5, 5.41) is 8.16. The van der Waals surface area contributed by atoms with Gasteiger partial charge in [0.1, 0.15) is 6.61 Å². The summed E-state index contributed by atoms with van der Waals surface area (Å²) >= 11 is 0. The molecule has 0 fully saturated rings. The first-order chi connectivity index (χ1) is 3.31. The summed E-state index contributed by atoms with van der Waals surface area (Å²) in [6.45, 7) is 3.07. The Morgan fingerprint density at radius 3 is 2.57 bits per heavy atom. The van der Waals surface area contributed by atoms with Gasteiger partial charge < -0.3 is 9.99 Å². The minimum absolute atomic E-state index is 0.201. The van der Waals surface area contributed by atoms with Crippen molar-refractivity contribution in [2.45, 2.75) is 0 Å². The number of rotatable bonds is 3. The molecule has 0 bridgehead atoms. The van der Waals surface area contributed by atoms with Crippen molar-refractivity contribution >= 4 is 0 Å². The quantitative estimate of drug-likeness (QED) is 0.313. The molecule has 3 heteroatoms. The molecule has 0 spiro atoms. The van der Waals surface area contributed by atoms with Crippen molar-refractivity contribution in [1.82, 2.24) is 0 Å². The molecule has 0 saturated carbocycles. The molecule has 42 valence electrons. The van der Waals surface area contributed by atoms with Gasteiger partial charge in [0.15, 0.2) is 5.76 Å². The lowest BCUT2D eigenvalue weighted by Gasteiger charge is -1.97. The molecule has 0 atom stereocenters. The van der Waals surface area contributed by atoms with E-state index in [1.54, 1.807) is 0 Å². The third kappa shape index (κ3) is 3.29. The van der Waals surface area contributed by atoms with E-state index in [2.05, 4.69) is 16.4 Å². The van der Waals surface area contributed by atoms with E-state index in [0.29, 0.717) is 0 Å². The Balaban J connectivity index is 3.00. The van der Waals surface area contributed by atoms with E-state index in [-0.39, 0.29) is 12.4 Å². The molecular formula is C4H8O3. The molecule has 7 heavy (non-hydrogen) atoms. The fraction of sp³-hybridized carbons (Fsp3) is 0.500. The largest absolute Gasteiger partial charge is 0.388 e. The maximum atomic E-state index is 8.16. The first kappa shape index (κ1) is 6.46. The maximum absolute atomic E-state index is 8.16. The molecule has 3 nitrogen and oxygen atoms in total. The molecule has 0 heterocycles. The predicted octanol–water partition coefficient (Wildman–Crippen LogP) is 0.0704. The summed E-state index contributed by atoms with van der Waals surface area (Å²) in [4.78, 5) is 8.38. The fourth-order valence-corrected chi connectivity index (χ4v) is 0.144. The van der Waals surface area contributed by atoms with Gasteiger partial charge >= 0.3 is 0 Å². The van der Waals surface area contributed by atoms with Crippen molar-refractivity contribution in [3.05, 3.63) is 12.3 Å². The van der Waals surface area contributed by atoms with Crippen LogP contribution in [0.3, 0.4) is 0 Å². The normalized spacial score (nSPS) is 8.29. The first-order valence-electron chi connectivity index (χ1n) is 1.80. The topological polar surface area (TPSA) is 38.7 Å². The summed E-state index contributed by atoms with van der Waals surface area (Å²) in [6, 6.07) is 0. The highest BCUT2D eigenvalue weighted by Gasteiger charge is 1.85. The Hall–Kier alpha value is -0.540. The van der Waals surface area contributed by atoms with E-state index in [9.17, 15) is 0 Å². The zero-order valence-corrected chi connectivity index (χ0v) is 4.18. The molecule has 0 unspecified atom stereocenters. The van der Waals surface area contributed by atoms with Crippen molar-refractivity contribution < 1.29 is 14.9 Å². The van der Waals surface area contributed by atoms with Crippen LogP contribution in [0.25, 0.3) is 0 Å². The van der Waals surface area contributed by atoms with Crippen LogP contribution in [0, 0.1) is 0 Å². The van der Waals surface area contributed by atoms with Gasteiger partial charge in [0.05, 0.1) is 7.11 Å². The summed E-state index contributed by atoms with van der Waals surface area (Å²) < 4.78 is 0. The lowest BCUT2D eigenvalue weighted by Crippen LogP contribution is -1.92. The zero-order chi connectivity index (χ0) is 5.70. The molecule has 0 aliphatic carbocycles. The monoisotopic (exact) mass is 104 g/mol. The van der Waals surface area contributed by atoms with Gasteiger partial charge in [-0.05, 0) is 0 Å². The van der Waals surface area contributed by atoms with Crippen LogP contribution in [0.2, 0.25) is 0 Å². The minimum Gasteiger partial charge on any atom is -0.388 e. The van der Waals surface area contributed by atoms with Crippen LogP contribution >= 0.6 is 0 Å². The summed E-state index contributed by atoms with van der Waals surface area (Å²) in [5.41, 5.74) is 0. The van der Waals surface area contributed by atoms with Crippen LogP contribution < -0.4 is 0 Å². The van der Waals surface area contributed by atoms with E-state index >= 15 is 0 Å². The molecule has 0 aliphatic rings. The highest BCUT2D eigenvalue weighted by atomic mass is 17.2. The van der Waals surface area contributed by atoms with Gasteiger partial charge in [-0.1, -0.05) is 6.58 Å². The number of aliphatic hydroxyl groups excluding tert-OH is 1. The van der Waals surface area contributed by atoms with Crippen molar-refractivity contribution in [2.75, 3.05) is 13.7 Å². The van der Waals surface area contributed by atoms with E-state index in [0.717, 1.165) is 0 Å². The number of hydrogen-bond donors (Lipinski definition) is 1. The van der Waals surface area contributed by atoms with Crippen LogP contribution in [-0.2, 0) is 9.78 Å². The molecule has 0 aromatic heterocycles. The van der Waals surface area contributed by atoms with Crippen LogP contribution in [0.4, 0.5) is 0 Å². The predicted molar refractivity (Wildman–Crippen MR) is 24.3 cm³/mol. The van der Waals surface area contributed by atoms with E-state index in [1.807, 2.05) is 0 Å². The Morgan fingerprint density at radius 1 is 1.86 bits per heavy atom. The van der Waals surface area contributed by atoms with Crippen molar-refractivity contribution in [3.63, 3.8) is 0 Å². The van der Waals surface area contributed by atoms with Gasteiger partial charge in [0.25, 0.3) is 0 Å². The summed E-state index contributed by atoms with van der Waals surface area (Å²) in [6.07, 6.45) is 0. The second kappa shape index (κ2) is 3.64. The molecule has 0 aromatic carbocycles. The van der Waals surface area contributed by atoms with E-state index in [4.69, 9.17) is 5.11 Å². The van der Waals surface area contributed by atoms with Gasteiger partial charge in [-0.3, -0.25) is 0 Å². The van der Waals surface area contributed by atoms with Gasteiger partial charge in [0, 0.05) is 0 Å². The van der Waals surface area contributed by atoms with Gasteiger partial charge in [-0.15, -0.1) is 0 Å². The van der Waals surface area contributed by atoms with Crippen LogP contribution in [0.5, 0.6) is 0 Å². The van der Waals surface area contributed by atoms with Crippen LogP contribution in [-0.4, -0.2) is 18.8 Å². The van der Waals surface area contributed by atoms with E-state index < -0.39 is 0 Å². The van der Waals surface area contributed by atoms with E-state index in [1.165, 1.54) is 7.11 Å². The molecular weight excluding hydrogens is 96.0 g/mol. The number of hydrogen-bond acceptors (Lipinski definition) is 3. The Kier molecular flexibility index (Phi) is 3.36. The molecule has 0 aromatic rings. The molecule has 0 saturated heterocycles. The molecule has 0 aliphatic heterocycles. The molecule has 0 radical (unpaired) electrons. The standard InChI is InChI=1S/C4H8O3/c1-4(3-5)7-6-2/h5H,1,3H2,2H3. The second-order valence-electron chi connectivity index (χ2n) is 0.947. The average molecular weight is 104 g/mol. The fourth-order valence-electron chi connectivity index (χ4n) is 0.144. The zero-order valence-electron chi connectivity index (χ0n) is 4.18. The molecule has 1 N–H and O–H groups in total. The lowest BCUT2D eigenvalue weighted by molar-refractivity contribution is -0.241. The Bertz CT molecular complexity index is 60.0. The highest BCUT2D eigenvalue weighted by Crippen LogP contribution is 1.87. The number of aliphatic hydroxyl groups is 1. The highest BCUT2D eigenvalue weighted by molar-refractivity contribution is 4.77. The average Bonchev–Trinajstić information content (AvgIpc) is 1.68. The smallest absolute Gasteiger partial charge is 0.160 e. The van der Waals surface area contributed by atoms with Crippen molar-refractivity contribution in [3.8, 4) is 0 Å². The lowest BCUT2D eigenvalue weighted by atomic mass is 10.6. The maximum Gasteiger partial charge on any atom is 0.160 e. The summed E-state index contributed by atoms with van der Waals surface area (Å²) in [7, 11) is 1.35. The minimum atomic E-state index is -0.201. The van der Waals surface area contributed by atoms with Gasteiger partial charge in [-0.25, -0.2) is 0 Å². The first-order valence-corrected chi connectivity index (χ1v) is 1.80. The Morgan fingerprint density at radius 2 is 2.43 bits per heavy atom.